The van der Waals surface area contributed by atoms with Gasteiger partial charge in [0.25, 0.3) is 5.56 Å². The van der Waals surface area contributed by atoms with Gasteiger partial charge in [0.15, 0.2) is 12.4 Å². The number of nitrogens with one attached hydrogen (secondary N) is 3. The zero-order valence-corrected chi connectivity index (χ0v) is 39.4. The van der Waals surface area contributed by atoms with E-state index in [9.17, 15) is 14.4 Å². The lowest BCUT2D eigenvalue weighted by Crippen LogP contribution is -2.61. The third-order valence-electron chi connectivity index (χ3n) is 15.4. The summed E-state index contributed by atoms with van der Waals surface area (Å²) >= 11 is 6.60. The summed E-state index contributed by atoms with van der Waals surface area (Å²) in [5, 5.41) is 14.6. The lowest BCUT2D eigenvalue weighted by atomic mass is 9.66. The Balaban J connectivity index is 0.721. The van der Waals surface area contributed by atoms with Gasteiger partial charge < -0.3 is 29.7 Å². The number of carbonyl (C=O) groups is 2. The molecule has 2 aliphatic carbocycles. The fraction of sp³-hybridized carbons (Fsp3) is 0.510. The highest BCUT2D eigenvalue weighted by Crippen LogP contribution is 2.48. The van der Waals surface area contributed by atoms with Crippen molar-refractivity contribution in [3.05, 3.63) is 75.1 Å². The molecular weight excluding hydrogens is 899 g/mol. The molecule has 358 valence electrons. The van der Waals surface area contributed by atoms with Gasteiger partial charge in [-0.05, 0) is 89.0 Å². The van der Waals surface area contributed by atoms with Crippen molar-refractivity contribution in [2.24, 2.45) is 25.4 Å². The molecule has 4 aliphatic heterocycles. The van der Waals surface area contributed by atoms with Crippen LogP contribution in [0.3, 0.4) is 0 Å². The summed E-state index contributed by atoms with van der Waals surface area (Å²) in [4.78, 5) is 54.3. The zero-order chi connectivity index (χ0) is 47.4. The van der Waals surface area contributed by atoms with E-state index in [4.69, 9.17) is 26.4 Å². The van der Waals surface area contributed by atoms with Crippen molar-refractivity contribution in [1.29, 1.82) is 0 Å². The van der Waals surface area contributed by atoms with Crippen molar-refractivity contribution in [3.8, 4) is 5.75 Å². The molecule has 2 amide bonds. The number of piperazine rings is 1. The van der Waals surface area contributed by atoms with E-state index in [1.54, 1.807) is 0 Å². The number of carbonyl (C=O) groups excluding carboxylic acids is 2. The number of piperidine rings is 1. The average molecular weight is 954 g/mol. The molecule has 2 unspecified atom stereocenters. The zero-order valence-electron chi connectivity index (χ0n) is 38.6. The van der Waals surface area contributed by atoms with Gasteiger partial charge in [-0.25, -0.2) is 18.2 Å². The highest BCUT2D eigenvalue weighted by molar-refractivity contribution is 6.33. The second-order valence-electron chi connectivity index (χ2n) is 20.6. The molecular formula is C49H55ClF3N11O4. The number of ether oxygens (including phenoxy) is 1. The van der Waals surface area contributed by atoms with Gasteiger partial charge in [-0.1, -0.05) is 23.3 Å². The van der Waals surface area contributed by atoms with E-state index in [0.29, 0.717) is 30.1 Å². The molecule has 68 heavy (non-hydrogen) atoms. The molecule has 19 heteroatoms. The van der Waals surface area contributed by atoms with E-state index in [1.807, 2.05) is 11.7 Å². The minimum Gasteiger partial charge on any atom is -0.480 e. The Kier molecular flexibility index (Phi) is 10.7. The first-order valence-electron chi connectivity index (χ1n) is 23.6. The molecule has 5 fully saturated rings. The Hall–Kier alpha value is -5.88. The lowest BCUT2D eigenvalue weighted by Gasteiger charge is -2.54. The minimum atomic E-state index is -3.29. The summed E-state index contributed by atoms with van der Waals surface area (Å²) in [5.74, 6) is -3.91. The van der Waals surface area contributed by atoms with Crippen LogP contribution in [-0.4, -0.2) is 104 Å². The van der Waals surface area contributed by atoms with Gasteiger partial charge in [0.1, 0.15) is 16.9 Å². The van der Waals surface area contributed by atoms with Crippen molar-refractivity contribution < 1.29 is 27.5 Å². The third kappa shape index (κ3) is 7.99. The molecule has 15 nitrogen and oxygen atoms in total. The second-order valence-corrected chi connectivity index (χ2v) is 21.0. The van der Waals surface area contributed by atoms with E-state index in [-0.39, 0.29) is 56.2 Å². The Morgan fingerprint density at radius 1 is 0.956 bits per heavy atom. The molecule has 7 heterocycles. The molecule has 2 saturated carbocycles. The highest BCUT2D eigenvalue weighted by Gasteiger charge is 2.48. The Bertz CT molecular complexity index is 2990. The predicted molar refractivity (Wildman–Crippen MR) is 255 cm³/mol. The number of benzene rings is 2. The number of fused-ring (bicyclic) bond motifs is 4. The molecule has 2 aromatic carbocycles. The number of aromatic nitrogens is 5. The molecule has 0 bridgehead atoms. The van der Waals surface area contributed by atoms with Crippen LogP contribution in [0.2, 0.25) is 5.02 Å². The molecule has 0 radical (unpaired) electrons. The maximum Gasteiger partial charge on any atom is 0.304 e. The fourth-order valence-electron chi connectivity index (χ4n) is 11.2. The van der Waals surface area contributed by atoms with Crippen LogP contribution in [0.15, 0.2) is 53.0 Å². The molecule has 2 atom stereocenters. The van der Waals surface area contributed by atoms with Gasteiger partial charge in [-0.2, -0.15) is 10.1 Å². The third-order valence-corrected chi connectivity index (χ3v) is 15.7. The van der Waals surface area contributed by atoms with E-state index >= 15 is 13.2 Å². The monoisotopic (exact) mass is 953 g/mol. The average Bonchev–Trinajstić information content (AvgIpc) is 4.08. The maximum atomic E-state index is 15.9. The van der Waals surface area contributed by atoms with Gasteiger partial charge in [-0.15, -0.1) is 0 Å². The second kappa shape index (κ2) is 16.4. The van der Waals surface area contributed by atoms with Crippen LogP contribution in [0.5, 0.6) is 5.75 Å². The number of hydrogen-bond acceptors (Lipinski definition) is 12. The normalized spacial score (nSPS) is 23.4. The number of halogens is 4. The standard InChI is InChI=1S/C49H55ClF3N11O4/c1-47(2)23-62(29-7-8-30-37(18-29)61(4)59-40(30)31-9-10-39(65)57-44(31)66)15-16-64(47)22-28-11-13-48(14-12-28)24-63(25-48)46-54-21-33(50)43(58-46)55-35-19-32-36(20-34(35)51)60(3)45(67)42-41(32)56-38(17-27-5-6-27)49(52,53)26-68-42/h7-8,17-21,28,31,38,56H,5-6,9-16,22-26H2,1-4H3,(H,54,55,58)(H,57,65,66). The smallest absolute Gasteiger partial charge is 0.304 e. The van der Waals surface area contributed by atoms with Crippen LogP contribution in [0, 0.1) is 17.2 Å². The molecule has 3 saturated heterocycles. The largest absolute Gasteiger partial charge is 0.480 e. The number of nitrogens with zero attached hydrogens (tertiary/aromatic N) is 8. The van der Waals surface area contributed by atoms with E-state index in [1.165, 1.54) is 36.0 Å². The van der Waals surface area contributed by atoms with Crippen LogP contribution in [0.4, 0.5) is 42.0 Å². The van der Waals surface area contributed by atoms with Gasteiger partial charge in [0, 0.05) is 93.3 Å². The molecule has 6 aliphatic rings. The number of rotatable bonds is 8. The van der Waals surface area contributed by atoms with Crippen molar-refractivity contribution in [3.63, 3.8) is 0 Å². The van der Waals surface area contributed by atoms with Crippen LogP contribution in [0.25, 0.3) is 21.8 Å². The van der Waals surface area contributed by atoms with Crippen LogP contribution in [0.1, 0.15) is 76.8 Å². The van der Waals surface area contributed by atoms with E-state index in [0.717, 1.165) is 106 Å². The first-order chi connectivity index (χ1) is 32.4. The van der Waals surface area contributed by atoms with Gasteiger partial charge in [0.05, 0.1) is 40.2 Å². The summed E-state index contributed by atoms with van der Waals surface area (Å²) in [6.45, 7) is 9.07. The molecule has 11 rings (SSSR count). The predicted octanol–water partition coefficient (Wildman–Crippen LogP) is 7.40. The van der Waals surface area contributed by atoms with Gasteiger partial charge >= 0.3 is 5.92 Å². The van der Waals surface area contributed by atoms with Crippen molar-refractivity contribution >= 4 is 74.0 Å². The Morgan fingerprint density at radius 3 is 2.47 bits per heavy atom. The Labute approximate surface area is 396 Å². The van der Waals surface area contributed by atoms with Crippen LogP contribution >= 0.6 is 11.6 Å². The first kappa shape index (κ1) is 44.6. The van der Waals surface area contributed by atoms with Crippen LogP contribution in [-0.2, 0) is 23.7 Å². The van der Waals surface area contributed by atoms with Gasteiger partial charge in [0.2, 0.25) is 23.5 Å². The number of allylic oxidation sites excluding steroid dienone is 1. The number of anilines is 5. The van der Waals surface area contributed by atoms with Gasteiger partial charge in [-0.3, -0.25) is 29.3 Å². The molecule has 3 aromatic heterocycles. The number of pyridine rings is 1. The summed E-state index contributed by atoms with van der Waals surface area (Å²) < 4.78 is 54.9. The van der Waals surface area contributed by atoms with Crippen molar-refractivity contribution in [1.82, 2.24) is 34.5 Å². The number of hydrogen-bond donors (Lipinski definition) is 3. The lowest BCUT2D eigenvalue weighted by molar-refractivity contribution is -0.134. The summed E-state index contributed by atoms with van der Waals surface area (Å²) in [5.41, 5.74) is 3.47. The number of amides is 2. The van der Waals surface area contributed by atoms with Crippen molar-refractivity contribution in [2.75, 3.05) is 66.3 Å². The highest BCUT2D eigenvalue weighted by atomic mass is 35.5. The summed E-state index contributed by atoms with van der Waals surface area (Å²) in [6, 6.07) is 7.63. The fourth-order valence-corrected chi connectivity index (χ4v) is 11.4. The number of aryl methyl sites for hydroxylation is 2. The van der Waals surface area contributed by atoms with Crippen molar-refractivity contribution in [2.45, 2.75) is 88.6 Å². The quantitative estimate of drug-likeness (QED) is 0.105. The number of imide groups is 1. The number of alkyl halides is 2. The topological polar surface area (TPSA) is 155 Å². The minimum absolute atomic E-state index is 0.00362. The van der Waals surface area contributed by atoms with E-state index in [2.05, 4.69) is 67.7 Å². The Morgan fingerprint density at radius 2 is 1.74 bits per heavy atom. The SMILES string of the molecule is Cn1nc(C2CCC(=O)NC2=O)c2ccc(N3CCN(CC4CCC5(CC4)CN(c4ncc(Cl)c(Nc6cc7c8c(c(=O)n(C)c7cc6F)OCC(F)(F)C(C=C6CC6)N8)n4)C5)C(C)(C)C3)cc21. The summed E-state index contributed by atoms with van der Waals surface area (Å²) in [6.07, 6.45) is 9.75. The van der Waals surface area contributed by atoms with Crippen LogP contribution < -0.4 is 36.0 Å². The maximum absolute atomic E-state index is 15.9. The molecule has 5 aromatic rings. The first-order valence-corrected chi connectivity index (χ1v) is 24.0. The summed E-state index contributed by atoms with van der Waals surface area (Å²) in [7, 11) is 3.36. The van der Waals surface area contributed by atoms with E-state index < -0.39 is 35.9 Å². The molecule has 3 N–H and O–H groups in total. The molecule has 1 spiro atoms.